The van der Waals surface area contributed by atoms with Crippen molar-refractivity contribution in [1.29, 1.82) is 0 Å². The fourth-order valence-corrected chi connectivity index (χ4v) is 5.58. The molecule has 0 radical (unpaired) electrons. The molecular formula is C31H33N3O4S. The van der Waals surface area contributed by atoms with Gasteiger partial charge in [-0.05, 0) is 80.1 Å². The number of para-hydroxylation sites is 1. The second-order valence-electron chi connectivity index (χ2n) is 8.85. The van der Waals surface area contributed by atoms with Crippen LogP contribution in [-0.2, 0) is 21.4 Å². The molecule has 0 aliphatic heterocycles. The lowest BCUT2D eigenvalue weighted by Crippen LogP contribution is -2.40. The number of carbonyl (C=O) groups is 1. The summed E-state index contributed by atoms with van der Waals surface area (Å²) < 4.78 is 34.1. The van der Waals surface area contributed by atoms with Crippen molar-refractivity contribution in [3.05, 3.63) is 115 Å². The van der Waals surface area contributed by atoms with Crippen molar-refractivity contribution in [3.63, 3.8) is 0 Å². The summed E-state index contributed by atoms with van der Waals surface area (Å²) in [5, 5.41) is 2.86. The molecule has 0 atom stereocenters. The Morgan fingerprint density at radius 3 is 1.85 bits per heavy atom. The lowest BCUT2D eigenvalue weighted by molar-refractivity contribution is -0.119. The maximum absolute atomic E-state index is 13.6. The lowest BCUT2D eigenvalue weighted by Gasteiger charge is -2.24. The summed E-state index contributed by atoms with van der Waals surface area (Å²) >= 11 is 0. The number of rotatable bonds is 12. The van der Waals surface area contributed by atoms with E-state index in [0.29, 0.717) is 23.7 Å². The van der Waals surface area contributed by atoms with Gasteiger partial charge >= 0.3 is 0 Å². The highest BCUT2D eigenvalue weighted by Gasteiger charge is 2.27. The van der Waals surface area contributed by atoms with Gasteiger partial charge in [0.1, 0.15) is 18.0 Å². The van der Waals surface area contributed by atoms with Crippen LogP contribution in [0.4, 0.5) is 11.4 Å². The van der Waals surface area contributed by atoms with Gasteiger partial charge < -0.3 is 15.0 Å². The molecule has 0 saturated heterocycles. The standard InChI is InChI=1S/C31H33N3O4S/c1-3-33(4-2)26-17-15-25(16-18-26)23-32-31(35)24-34(39(36,37)30-13-9-6-10-14-30)27-19-21-29(22-20-27)38-28-11-7-5-8-12-28/h5-22H,3-4,23-24H2,1-2H3,(H,32,35). The number of amides is 1. The van der Waals surface area contributed by atoms with Crippen LogP contribution < -0.4 is 19.3 Å². The average molecular weight is 544 g/mol. The van der Waals surface area contributed by atoms with Crippen LogP contribution in [0.15, 0.2) is 114 Å². The number of carbonyl (C=O) groups excluding carboxylic acids is 1. The molecule has 39 heavy (non-hydrogen) atoms. The first-order chi connectivity index (χ1) is 18.9. The molecule has 0 unspecified atom stereocenters. The number of nitrogens with one attached hydrogen (secondary N) is 1. The number of benzene rings is 4. The van der Waals surface area contributed by atoms with Gasteiger partial charge in [0.05, 0.1) is 10.6 Å². The molecular weight excluding hydrogens is 510 g/mol. The first kappa shape index (κ1) is 27.7. The van der Waals surface area contributed by atoms with E-state index in [4.69, 9.17) is 4.74 Å². The minimum atomic E-state index is -4.00. The summed E-state index contributed by atoms with van der Waals surface area (Å²) in [6, 6.07) is 32.0. The Morgan fingerprint density at radius 2 is 1.26 bits per heavy atom. The Bertz CT molecular complexity index is 1440. The molecule has 1 amide bonds. The van der Waals surface area contributed by atoms with Crippen molar-refractivity contribution in [2.45, 2.75) is 25.3 Å². The van der Waals surface area contributed by atoms with Crippen LogP contribution in [0.3, 0.4) is 0 Å². The smallest absolute Gasteiger partial charge is 0.264 e. The molecule has 202 valence electrons. The number of nitrogens with zero attached hydrogens (tertiary/aromatic N) is 2. The van der Waals surface area contributed by atoms with Crippen LogP contribution in [0.2, 0.25) is 0 Å². The van der Waals surface area contributed by atoms with Crippen LogP contribution in [0, 0.1) is 0 Å². The molecule has 7 nitrogen and oxygen atoms in total. The molecule has 0 fully saturated rings. The third kappa shape index (κ3) is 7.18. The summed E-state index contributed by atoms with van der Waals surface area (Å²) in [6.07, 6.45) is 0. The number of hydrogen-bond donors (Lipinski definition) is 1. The van der Waals surface area contributed by atoms with Gasteiger partial charge in [-0.3, -0.25) is 9.10 Å². The zero-order chi connectivity index (χ0) is 27.7. The predicted molar refractivity (Wildman–Crippen MR) is 156 cm³/mol. The molecule has 0 aliphatic rings. The second kappa shape index (κ2) is 13.0. The van der Waals surface area contributed by atoms with E-state index in [2.05, 4.69) is 24.1 Å². The zero-order valence-electron chi connectivity index (χ0n) is 22.2. The monoisotopic (exact) mass is 543 g/mol. The highest BCUT2D eigenvalue weighted by Crippen LogP contribution is 2.28. The Balaban J connectivity index is 1.50. The maximum atomic E-state index is 13.6. The van der Waals surface area contributed by atoms with E-state index in [1.807, 2.05) is 54.6 Å². The third-order valence-corrected chi connectivity index (χ3v) is 8.06. The Hall–Kier alpha value is -4.30. The van der Waals surface area contributed by atoms with Crippen LogP contribution >= 0.6 is 0 Å². The summed E-state index contributed by atoms with van der Waals surface area (Å²) in [6.45, 7) is 5.97. The molecule has 0 aromatic heterocycles. The van der Waals surface area contributed by atoms with E-state index in [0.717, 1.165) is 28.6 Å². The van der Waals surface area contributed by atoms with E-state index in [9.17, 15) is 13.2 Å². The molecule has 4 aromatic rings. The van der Waals surface area contributed by atoms with Gasteiger partial charge in [-0.25, -0.2) is 8.42 Å². The summed E-state index contributed by atoms with van der Waals surface area (Å²) in [7, 11) is -4.00. The van der Waals surface area contributed by atoms with E-state index in [1.165, 1.54) is 12.1 Å². The van der Waals surface area contributed by atoms with E-state index in [-0.39, 0.29) is 11.4 Å². The number of sulfonamides is 1. The van der Waals surface area contributed by atoms with Gasteiger partial charge in [0, 0.05) is 25.3 Å². The number of ether oxygens (including phenoxy) is 1. The van der Waals surface area contributed by atoms with Gasteiger partial charge in [-0.2, -0.15) is 0 Å². The van der Waals surface area contributed by atoms with Crippen molar-refractivity contribution in [3.8, 4) is 11.5 Å². The fraction of sp³-hybridized carbons (Fsp3) is 0.194. The zero-order valence-corrected chi connectivity index (χ0v) is 23.0. The fourth-order valence-electron chi connectivity index (χ4n) is 4.14. The average Bonchev–Trinajstić information content (AvgIpc) is 2.97. The van der Waals surface area contributed by atoms with E-state index < -0.39 is 15.9 Å². The van der Waals surface area contributed by atoms with Crippen LogP contribution in [0.1, 0.15) is 19.4 Å². The third-order valence-electron chi connectivity index (χ3n) is 6.28. The molecule has 1 N–H and O–H groups in total. The first-order valence-corrected chi connectivity index (χ1v) is 14.4. The normalized spacial score (nSPS) is 11.0. The van der Waals surface area contributed by atoms with Crippen molar-refractivity contribution in [2.75, 3.05) is 28.8 Å². The second-order valence-corrected chi connectivity index (χ2v) is 10.7. The van der Waals surface area contributed by atoms with E-state index >= 15 is 0 Å². The summed E-state index contributed by atoms with van der Waals surface area (Å²) in [5.41, 5.74) is 2.41. The molecule has 0 spiro atoms. The molecule has 0 saturated carbocycles. The van der Waals surface area contributed by atoms with Gasteiger partial charge in [-0.15, -0.1) is 0 Å². The molecule has 0 heterocycles. The highest BCUT2D eigenvalue weighted by molar-refractivity contribution is 7.92. The quantitative estimate of drug-likeness (QED) is 0.243. The minimum absolute atomic E-state index is 0.106. The van der Waals surface area contributed by atoms with Gasteiger partial charge in [0.2, 0.25) is 5.91 Å². The molecule has 0 bridgehead atoms. The van der Waals surface area contributed by atoms with Crippen molar-refractivity contribution < 1.29 is 17.9 Å². The molecule has 8 heteroatoms. The minimum Gasteiger partial charge on any atom is -0.457 e. The SMILES string of the molecule is CCN(CC)c1ccc(CNC(=O)CN(c2ccc(Oc3ccccc3)cc2)S(=O)(=O)c2ccccc2)cc1. The van der Waals surface area contributed by atoms with Gasteiger partial charge in [0.25, 0.3) is 10.0 Å². The largest absolute Gasteiger partial charge is 0.457 e. The number of hydrogen-bond acceptors (Lipinski definition) is 5. The van der Waals surface area contributed by atoms with Crippen LogP contribution in [-0.4, -0.2) is 34.0 Å². The predicted octanol–water partition coefficient (Wildman–Crippen LogP) is 5.84. The van der Waals surface area contributed by atoms with Crippen molar-refractivity contribution in [1.82, 2.24) is 5.32 Å². The molecule has 0 aliphatic carbocycles. The van der Waals surface area contributed by atoms with Crippen LogP contribution in [0.5, 0.6) is 11.5 Å². The molecule has 4 aromatic carbocycles. The first-order valence-electron chi connectivity index (χ1n) is 12.9. The maximum Gasteiger partial charge on any atom is 0.264 e. The van der Waals surface area contributed by atoms with E-state index in [1.54, 1.807) is 42.5 Å². The molecule has 4 rings (SSSR count). The Morgan fingerprint density at radius 1 is 0.718 bits per heavy atom. The topological polar surface area (TPSA) is 79.0 Å². The number of anilines is 2. The Labute approximate surface area is 230 Å². The van der Waals surface area contributed by atoms with Gasteiger partial charge in [-0.1, -0.05) is 48.5 Å². The summed E-state index contributed by atoms with van der Waals surface area (Å²) in [5.74, 6) is 0.815. The Kier molecular flexibility index (Phi) is 9.22. The van der Waals surface area contributed by atoms with Crippen LogP contribution in [0.25, 0.3) is 0 Å². The van der Waals surface area contributed by atoms with Gasteiger partial charge in [0.15, 0.2) is 0 Å². The highest BCUT2D eigenvalue weighted by atomic mass is 32.2. The lowest BCUT2D eigenvalue weighted by atomic mass is 10.2. The summed E-state index contributed by atoms with van der Waals surface area (Å²) in [4.78, 5) is 15.4. The van der Waals surface area contributed by atoms with Crippen molar-refractivity contribution >= 4 is 27.3 Å². The van der Waals surface area contributed by atoms with Crippen molar-refractivity contribution in [2.24, 2.45) is 0 Å².